The second kappa shape index (κ2) is 6.14. The van der Waals surface area contributed by atoms with Gasteiger partial charge in [0.15, 0.2) is 0 Å². The summed E-state index contributed by atoms with van der Waals surface area (Å²) < 4.78 is 0. The molecule has 0 saturated carbocycles. The topological polar surface area (TPSA) is 30.0 Å². The van der Waals surface area contributed by atoms with Crippen molar-refractivity contribution >= 4 is 0 Å². The molecule has 1 atom stereocenters. The fraction of sp³-hybridized carbons (Fsp3) is 1.00. The van der Waals surface area contributed by atoms with E-state index >= 15 is 0 Å². The van der Waals surface area contributed by atoms with Gasteiger partial charge in [0.05, 0.1) is 6.61 Å². The number of rotatable bonds is 4. The van der Waals surface area contributed by atoms with Gasteiger partial charge >= 0.3 is 0 Å². The lowest BCUT2D eigenvalue weighted by Gasteiger charge is -2.30. The van der Waals surface area contributed by atoms with Gasteiger partial charge in [-0.1, -0.05) is 13.8 Å². The van der Waals surface area contributed by atoms with Crippen molar-refractivity contribution in [1.29, 1.82) is 0 Å². The maximum absolute atomic E-state index is 9.47. The van der Waals surface area contributed by atoms with E-state index < -0.39 is 0 Å². The lowest BCUT2D eigenvalue weighted by atomic mass is 9.92. The molecule has 4 nitrogen and oxygen atoms in total. The van der Waals surface area contributed by atoms with Gasteiger partial charge in [-0.2, -0.15) is 0 Å². The Kier molecular flexibility index (Phi) is 5.38. The largest absolute Gasteiger partial charge is 0.395 e. The van der Waals surface area contributed by atoms with Crippen molar-refractivity contribution in [1.82, 2.24) is 14.7 Å². The zero-order valence-electron chi connectivity index (χ0n) is 12.1. The zero-order chi connectivity index (χ0) is 13.1. The molecule has 0 spiro atoms. The third kappa shape index (κ3) is 4.92. The maximum Gasteiger partial charge on any atom is 0.0599 e. The van der Waals surface area contributed by atoms with Crippen molar-refractivity contribution < 1.29 is 5.11 Å². The van der Waals surface area contributed by atoms with Gasteiger partial charge in [-0.15, -0.1) is 0 Å². The first-order chi connectivity index (χ1) is 7.84. The number of likely N-dealkylation sites (N-methyl/N-ethyl adjacent to an activating group) is 2. The summed E-state index contributed by atoms with van der Waals surface area (Å²) in [6.07, 6.45) is 0. The van der Waals surface area contributed by atoms with Gasteiger partial charge < -0.3 is 10.0 Å². The van der Waals surface area contributed by atoms with Gasteiger partial charge in [-0.05, 0) is 26.6 Å². The minimum absolute atomic E-state index is 0.255. The first kappa shape index (κ1) is 14.9. The molecular formula is C13H29N3O. The molecule has 1 heterocycles. The Hall–Kier alpha value is -0.160. The van der Waals surface area contributed by atoms with Crippen LogP contribution in [-0.4, -0.2) is 86.3 Å². The Morgan fingerprint density at radius 2 is 1.94 bits per heavy atom. The second-order valence-electron chi connectivity index (χ2n) is 6.45. The Morgan fingerprint density at radius 3 is 2.47 bits per heavy atom. The van der Waals surface area contributed by atoms with Crippen LogP contribution in [0.5, 0.6) is 0 Å². The monoisotopic (exact) mass is 243 g/mol. The molecule has 1 N–H and O–H groups in total. The van der Waals surface area contributed by atoms with Crippen LogP contribution in [0.2, 0.25) is 0 Å². The third-order valence-corrected chi connectivity index (χ3v) is 3.50. The normalized spacial score (nSPS) is 27.4. The molecular weight excluding hydrogens is 214 g/mol. The first-order valence-corrected chi connectivity index (χ1v) is 6.52. The van der Waals surface area contributed by atoms with E-state index in [0.717, 1.165) is 32.7 Å². The SMILES string of the molecule is CN(C)CCN1CC(CO)N(C)CC(C)(C)C1. The molecule has 0 aromatic rings. The van der Waals surface area contributed by atoms with Crippen LogP contribution in [0.3, 0.4) is 0 Å². The summed E-state index contributed by atoms with van der Waals surface area (Å²) in [6.45, 7) is 10.2. The molecule has 0 aromatic heterocycles. The molecule has 0 aliphatic carbocycles. The lowest BCUT2D eigenvalue weighted by Crippen LogP contribution is -2.42. The average molecular weight is 243 g/mol. The van der Waals surface area contributed by atoms with Crippen LogP contribution in [0.1, 0.15) is 13.8 Å². The van der Waals surface area contributed by atoms with Gasteiger partial charge in [-0.25, -0.2) is 0 Å². The van der Waals surface area contributed by atoms with Crippen LogP contribution in [0.4, 0.5) is 0 Å². The molecule has 1 fully saturated rings. The van der Waals surface area contributed by atoms with E-state index in [1.165, 1.54) is 0 Å². The Morgan fingerprint density at radius 1 is 1.29 bits per heavy atom. The summed E-state index contributed by atoms with van der Waals surface area (Å²) in [5.41, 5.74) is 0.297. The molecule has 0 radical (unpaired) electrons. The quantitative estimate of drug-likeness (QED) is 0.763. The highest BCUT2D eigenvalue weighted by molar-refractivity contribution is 4.86. The number of hydrogen-bond donors (Lipinski definition) is 1. The third-order valence-electron chi connectivity index (χ3n) is 3.50. The van der Waals surface area contributed by atoms with E-state index in [9.17, 15) is 5.11 Å². The predicted molar refractivity (Wildman–Crippen MR) is 72.3 cm³/mol. The highest BCUT2D eigenvalue weighted by Gasteiger charge is 2.31. The molecule has 102 valence electrons. The van der Waals surface area contributed by atoms with E-state index in [1.54, 1.807) is 0 Å². The number of hydrogen-bond acceptors (Lipinski definition) is 4. The molecule has 17 heavy (non-hydrogen) atoms. The molecule has 1 aliphatic rings. The predicted octanol–water partition coefficient (Wildman–Crippen LogP) is 0.183. The Bertz CT molecular complexity index is 231. The number of nitrogens with zero attached hydrogens (tertiary/aromatic N) is 3. The van der Waals surface area contributed by atoms with E-state index in [4.69, 9.17) is 0 Å². The van der Waals surface area contributed by atoms with Crippen LogP contribution < -0.4 is 0 Å². The Labute approximate surface area is 106 Å². The van der Waals surface area contributed by atoms with Gasteiger partial charge in [0.2, 0.25) is 0 Å². The van der Waals surface area contributed by atoms with E-state index in [-0.39, 0.29) is 12.6 Å². The molecule has 1 unspecified atom stereocenters. The summed E-state index contributed by atoms with van der Waals surface area (Å²) >= 11 is 0. The molecule has 0 bridgehead atoms. The van der Waals surface area contributed by atoms with E-state index in [0.29, 0.717) is 5.41 Å². The maximum atomic E-state index is 9.47. The summed E-state index contributed by atoms with van der Waals surface area (Å²) in [4.78, 5) is 7.01. The van der Waals surface area contributed by atoms with Crippen LogP contribution in [0.25, 0.3) is 0 Å². The number of aliphatic hydroxyl groups excluding tert-OH is 1. The van der Waals surface area contributed by atoms with Crippen LogP contribution in [0, 0.1) is 5.41 Å². The summed E-state index contributed by atoms with van der Waals surface area (Å²) in [5, 5.41) is 9.47. The van der Waals surface area contributed by atoms with E-state index in [1.807, 2.05) is 0 Å². The summed E-state index contributed by atoms with van der Waals surface area (Å²) in [7, 11) is 6.34. The minimum Gasteiger partial charge on any atom is -0.395 e. The van der Waals surface area contributed by atoms with Gasteiger partial charge in [0.25, 0.3) is 0 Å². The van der Waals surface area contributed by atoms with E-state index in [2.05, 4.69) is 49.7 Å². The lowest BCUT2D eigenvalue weighted by molar-refractivity contribution is 0.125. The van der Waals surface area contributed by atoms with Crippen molar-refractivity contribution in [3.8, 4) is 0 Å². The van der Waals surface area contributed by atoms with Crippen LogP contribution >= 0.6 is 0 Å². The molecule has 0 aromatic carbocycles. The highest BCUT2D eigenvalue weighted by atomic mass is 16.3. The zero-order valence-corrected chi connectivity index (χ0v) is 12.1. The number of aliphatic hydroxyl groups is 1. The van der Waals surface area contributed by atoms with Crippen LogP contribution in [0.15, 0.2) is 0 Å². The molecule has 0 amide bonds. The van der Waals surface area contributed by atoms with Crippen LogP contribution in [-0.2, 0) is 0 Å². The van der Waals surface area contributed by atoms with Crippen molar-refractivity contribution in [2.75, 3.05) is 60.5 Å². The fourth-order valence-corrected chi connectivity index (χ4v) is 2.67. The summed E-state index contributed by atoms with van der Waals surface area (Å²) in [5.74, 6) is 0. The first-order valence-electron chi connectivity index (χ1n) is 6.52. The van der Waals surface area contributed by atoms with Gasteiger partial charge in [0, 0.05) is 38.8 Å². The minimum atomic E-state index is 0.255. The average Bonchev–Trinajstić information content (AvgIpc) is 2.30. The van der Waals surface area contributed by atoms with Gasteiger partial charge in [-0.3, -0.25) is 9.80 Å². The van der Waals surface area contributed by atoms with Crippen molar-refractivity contribution in [2.45, 2.75) is 19.9 Å². The van der Waals surface area contributed by atoms with Crippen molar-refractivity contribution in [3.05, 3.63) is 0 Å². The molecule has 4 heteroatoms. The highest BCUT2D eigenvalue weighted by Crippen LogP contribution is 2.23. The molecule has 1 saturated heterocycles. The smallest absolute Gasteiger partial charge is 0.0599 e. The van der Waals surface area contributed by atoms with Crippen molar-refractivity contribution in [3.63, 3.8) is 0 Å². The molecule has 1 aliphatic heterocycles. The second-order valence-corrected chi connectivity index (χ2v) is 6.45. The fourth-order valence-electron chi connectivity index (χ4n) is 2.67. The van der Waals surface area contributed by atoms with Gasteiger partial charge in [0.1, 0.15) is 0 Å². The standard InChI is InChI=1S/C13H29N3O/c1-13(2)10-15(5)12(9-17)8-16(11-13)7-6-14(3)4/h12,17H,6-11H2,1-5H3. The molecule has 1 rings (SSSR count). The summed E-state index contributed by atoms with van der Waals surface area (Å²) in [6, 6.07) is 0.277. The van der Waals surface area contributed by atoms with Crippen molar-refractivity contribution in [2.24, 2.45) is 5.41 Å². The Balaban J connectivity index is 2.63.